The fraction of sp³-hybridized carbons (Fsp3) is 0.235. The molecule has 0 aliphatic rings. The van der Waals surface area contributed by atoms with Gasteiger partial charge in [-0.25, -0.2) is 0 Å². The molecule has 0 unspecified atom stereocenters. The van der Waals surface area contributed by atoms with Gasteiger partial charge in [0.05, 0.1) is 30.4 Å². The van der Waals surface area contributed by atoms with Gasteiger partial charge in [-0.05, 0) is 43.7 Å². The molecule has 0 heterocycles. The topological polar surface area (TPSA) is 59.9 Å². The van der Waals surface area contributed by atoms with Crippen molar-refractivity contribution in [2.75, 3.05) is 18.6 Å². The van der Waals surface area contributed by atoms with E-state index in [1.54, 1.807) is 32.2 Å². The minimum atomic E-state index is -3.23. The van der Waals surface area contributed by atoms with Gasteiger partial charge in [0.15, 0.2) is 0 Å². The molecule has 0 radical (unpaired) electrons. The van der Waals surface area contributed by atoms with Crippen molar-refractivity contribution in [3.63, 3.8) is 0 Å². The first-order valence-corrected chi connectivity index (χ1v) is 9.06. The molecule has 0 spiro atoms. The van der Waals surface area contributed by atoms with Gasteiger partial charge in [0, 0.05) is 0 Å². The maximum atomic E-state index is 12.6. The molecule has 0 saturated carbocycles. The number of hydrazone groups is 1. The lowest BCUT2D eigenvalue weighted by molar-refractivity contribution is 0.230. The van der Waals surface area contributed by atoms with E-state index in [1.165, 1.54) is 0 Å². The Kier molecular flexibility index (Phi) is 6.53. The number of anilines is 1. The SMILES string of the molecule is CCOP(=O)(OCC)c1ccc(C=NNc2ccccc2)cc1. The van der Waals surface area contributed by atoms with Crippen LogP contribution in [0.25, 0.3) is 0 Å². The summed E-state index contributed by atoms with van der Waals surface area (Å²) in [5.41, 5.74) is 4.74. The summed E-state index contributed by atoms with van der Waals surface area (Å²) in [5.74, 6) is 0. The number of nitrogens with one attached hydrogen (secondary N) is 1. The third kappa shape index (κ3) is 5.03. The quantitative estimate of drug-likeness (QED) is 0.450. The van der Waals surface area contributed by atoms with E-state index in [-0.39, 0.29) is 0 Å². The van der Waals surface area contributed by atoms with Crippen LogP contribution in [0.4, 0.5) is 5.69 Å². The summed E-state index contributed by atoms with van der Waals surface area (Å²) in [6, 6.07) is 16.8. The molecule has 0 aliphatic heterocycles. The first kappa shape index (κ1) is 17.4. The molecule has 0 bridgehead atoms. The number of hydrogen-bond acceptors (Lipinski definition) is 5. The van der Waals surface area contributed by atoms with E-state index in [0.29, 0.717) is 18.5 Å². The molecule has 23 heavy (non-hydrogen) atoms. The number of para-hydroxylation sites is 1. The van der Waals surface area contributed by atoms with Crippen LogP contribution in [0.3, 0.4) is 0 Å². The lowest BCUT2D eigenvalue weighted by Gasteiger charge is -2.17. The molecule has 0 amide bonds. The van der Waals surface area contributed by atoms with Gasteiger partial charge >= 0.3 is 7.60 Å². The number of hydrogen-bond donors (Lipinski definition) is 1. The first-order chi connectivity index (χ1) is 11.2. The van der Waals surface area contributed by atoms with Gasteiger partial charge in [-0.3, -0.25) is 9.99 Å². The van der Waals surface area contributed by atoms with Crippen LogP contribution in [0, 0.1) is 0 Å². The lowest BCUT2D eigenvalue weighted by atomic mass is 10.2. The summed E-state index contributed by atoms with van der Waals surface area (Å²) in [5, 5.41) is 4.72. The predicted molar refractivity (Wildman–Crippen MR) is 94.6 cm³/mol. The summed E-state index contributed by atoms with van der Waals surface area (Å²) in [7, 11) is -3.23. The third-order valence-electron chi connectivity index (χ3n) is 2.99. The highest BCUT2D eigenvalue weighted by Gasteiger charge is 2.26. The van der Waals surface area contributed by atoms with Gasteiger partial charge < -0.3 is 9.05 Å². The highest BCUT2D eigenvalue weighted by Crippen LogP contribution is 2.46. The summed E-state index contributed by atoms with van der Waals surface area (Å²) < 4.78 is 23.3. The van der Waals surface area contributed by atoms with Crippen LogP contribution < -0.4 is 10.7 Å². The smallest absolute Gasteiger partial charge is 0.305 e. The van der Waals surface area contributed by atoms with E-state index in [0.717, 1.165) is 11.3 Å². The van der Waals surface area contributed by atoms with Crippen LogP contribution >= 0.6 is 7.60 Å². The molecule has 122 valence electrons. The Balaban J connectivity index is 2.05. The summed E-state index contributed by atoms with van der Waals surface area (Å²) in [4.78, 5) is 0. The monoisotopic (exact) mass is 332 g/mol. The Morgan fingerprint density at radius 2 is 1.61 bits per heavy atom. The maximum absolute atomic E-state index is 12.6. The normalized spacial score (nSPS) is 11.7. The van der Waals surface area contributed by atoms with Crippen molar-refractivity contribution in [3.8, 4) is 0 Å². The average molecular weight is 332 g/mol. The van der Waals surface area contributed by atoms with Crippen LogP contribution in [0.1, 0.15) is 19.4 Å². The van der Waals surface area contributed by atoms with Crippen molar-refractivity contribution in [2.24, 2.45) is 5.10 Å². The second-order valence-electron chi connectivity index (χ2n) is 4.66. The lowest BCUT2D eigenvalue weighted by Crippen LogP contribution is -2.10. The molecule has 0 atom stereocenters. The average Bonchev–Trinajstić information content (AvgIpc) is 2.57. The largest absolute Gasteiger partial charge is 0.361 e. The van der Waals surface area contributed by atoms with E-state index in [9.17, 15) is 4.57 Å². The van der Waals surface area contributed by atoms with Crippen LogP contribution in [0.2, 0.25) is 0 Å². The van der Waals surface area contributed by atoms with Gasteiger partial charge in [-0.2, -0.15) is 5.10 Å². The Labute approximate surface area is 136 Å². The van der Waals surface area contributed by atoms with Crippen LogP contribution in [-0.4, -0.2) is 19.4 Å². The van der Waals surface area contributed by atoms with Crippen LogP contribution in [0.5, 0.6) is 0 Å². The summed E-state index contributed by atoms with van der Waals surface area (Å²) >= 11 is 0. The fourth-order valence-corrected chi connectivity index (χ4v) is 3.53. The Hall–Kier alpha value is -1.94. The van der Waals surface area contributed by atoms with E-state index < -0.39 is 7.60 Å². The van der Waals surface area contributed by atoms with Crippen molar-refractivity contribution in [1.29, 1.82) is 0 Å². The number of nitrogens with zero attached hydrogens (tertiary/aromatic N) is 1. The third-order valence-corrected chi connectivity index (χ3v) is 5.12. The van der Waals surface area contributed by atoms with Gasteiger partial charge in [-0.1, -0.05) is 30.3 Å². The first-order valence-electron chi connectivity index (χ1n) is 7.52. The molecule has 2 aromatic carbocycles. The minimum Gasteiger partial charge on any atom is -0.305 e. The maximum Gasteiger partial charge on any atom is 0.361 e. The second-order valence-corrected chi connectivity index (χ2v) is 6.69. The zero-order chi connectivity index (χ0) is 16.5. The Morgan fingerprint density at radius 3 is 2.17 bits per heavy atom. The standard InChI is InChI=1S/C17H21N2O3P/c1-3-21-23(20,22-4-2)17-12-10-15(11-13-17)14-18-19-16-8-6-5-7-9-16/h5-14,19H,3-4H2,1-2H3. The molecule has 0 fully saturated rings. The van der Waals surface area contributed by atoms with Crippen molar-refractivity contribution < 1.29 is 13.6 Å². The van der Waals surface area contributed by atoms with Crippen LogP contribution in [-0.2, 0) is 13.6 Å². The highest BCUT2D eigenvalue weighted by atomic mass is 31.2. The van der Waals surface area contributed by atoms with Gasteiger partial charge in [-0.15, -0.1) is 0 Å². The zero-order valence-electron chi connectivity index (χ0n) is 13.3. The van der Waals surface area contributed by atoms with Crippen molar-refractivity contribution in [2.45, 2.75) is 13.8 Å². The molecule has 0 aromatic heterocycles. The van der Waals surface area contributed by atoms with E-state index in [1.807, 2.05) is 42.5 Å². The summed E-state index contributed by atoms with van der Waals surface area (Å²) in [6.07, 6.45) is 1.70. The summed E-state index contributed by atoms with van der Waals surface area (Å²) in [6.45, 7) is 4.26. The predicted octanol–water partition coefficient (Wildman–Crippen LogP) is 4.02. The van der Waals surface area contributed by atoms with Gasteiger partial charge in [0.2, 0.25) is 0 Å². The van der Waals surface area contributed by atoms with E-state index >= 15 is 0 Å². The zero-order valence-corrected chi connectivity index (χ0v) is 14.2. The molecule has 1 N–H and O–H groups in total. The molecular formula is C17H21N2O3P. The molecule has 2 aromatic rings. The minimum absolute atomic E-state index is 0.335. The molecule has 6 heteroatoms. The van der Waals surface area contributed by atoms with Crippen molar-refractivity contribution >= 4 is 24.8 Å². The van der Waals surface area contributed by atoms with E-state index in [4.69, 9.17) is 9.05 Å². The van der Waals surface area contributed by atoms with Gasteiger partial charge in [0.1, 0.15) is 0 Å². The fourth-order valence-electron chi connectivity index (χ4n) is 1.96. The highest BCUT2D eigenvalue weighted by molar-refractivity contribution is 7.62. The van der Waals surface area contributed by atoms with E-state index in [2.05, 4.69) is 10.5 Å². The Bertz CT molecular complexity index is 662. The number of benzene rings is 2. The van der Waals surface area contributed by atoms with Crippen LogP contribution in [0.15, 0.2) is 59.7 Å². The molecular weight excluding hydrogens is 311 g/mol. The molecule has 5 nitrogen and oxygen atoms in total. The van der Waals surface area contributed by atoms with Gasteiger partial charge in [0.25, 0.3) is 0 Å². The van der Waals surface area contributed by atoms with Crippen molar-refractivity contribution in [1.82, 2.24) is 0 Å². The molecule has 2 rings (SSSR count). The second kappa shape index (κ2) is 8.63. The van der Waals surface area contributed by atoms with Crippen molar-refractivity contribution in [3.05, 3.63) is 60.2 Å². The Morgan fingerprint density at radius 1 is 1.00 bits per heavy atom. The molecule has 0 saturated heterocycles. The number of rotatable bonds is 8. The molecule has 0 aliphatic carbocycles.